The van der Waals surface area contributed by atoms with Crippen molar-refractivity contribution in [2.75, 3.05) is 7.11 Å². The Morgan fingerprint density at radius 1 is 1.29 bits per heavy atom. The Kier molecular flexibility index (Phi) is 6.02. The van der Waals surface area contributed by atoms with Gasteiger partial charge in [-0.15, -0.1) is 0 Å². The fourth-order valence-corrected chi connectivity index (χ4v) is 3.25. The molecule has 0 bridgehead atoms. The number of carbonyl (C=O) groups excluding carboxylic acids is 1. The zero-order valence-corrected chi connectivity index (χ0v) is 15.5. The van der Waals surface area contributed by atoms with E-state index in [-0.39, 0.29) is 23.5 Å². The molecule has 3 nitrogen and oxygen atoms in total. The van der Waals surface area contributed by atoms with Crippen LogP contribution < -0.4 is 0 Å². The zero-order valence-electron chi connectivity index (χ0n) is 13.7. The summed E-state index contributed by atoms with van der Waals surface area (Å²) in [7, 11) is -0.632. The zero-order chi connectivity index (χ0) is 16.3. The first kappa shape index (κ1) is 18.2. The number of hydrogen-bond donors (Lipinski definition) is 0. The third-order valence-electron chi connectivity index (χ3n) is 4.07. The van der Waals surface area contributed by atoms with Crippen LogP contribution in [-0.2, 0) is 14.0 Å². The lowest BCUT2D eigenvalue weighted by Crippen LogP contribution is -2.42. The molecule has 1 rings (SSSR count). The summed E-state index contributed by atoms with van der Waals surface area (Å²) in [4.78, 5) is 11.7. The Labute approximate surface area is 133 Å². The van der Waals surface area contributed by atoms with Crippen molar-refractivity contribution in [2.24, 2.45) is 0 Å². The maximum absolute atomic E-state index is 11.7. The first-order chi connectivity index (χ1) is 9.58. The highest BCUT2D eigenvalue weighted by atomic mass is 35.5. The summed E-state index contributed by atoms with van der Waals surface area (Å²) >= 11 is 6.27. The molecule has 0 saturated carbocycles. The minimum absolute atomic E-state index is 0.0582. The first-order valence-electron chi connectivity index (χ1n) is 7.07. The minimum Gasteiger partial charge on any atom is -0.469 e. The molecule has 5 heteroatoms. The van der Waals surface area contributed by atoms with Crippen molar-refractivity contribution < 1.29 is 14.0 Å². The van der Waals surface area contributed by atoms with Gasteiger partial charge in [0.15, 0.2) is 8.32 Å². The lowest BCUT2D eigenvalue weighted by molar-refractivity contribution is -0.142. The number of ether oxygens (including phenoxy) is 1. The molecule has 0 saturated heterocycles. The SMILES string of the molecule is COC(=O)CC(O[Si](C)(C)C(C)(C)C)c1ccccc1Cl. The fourth-order valence-electron chi connectivity index (χ4n) is 1.72. The van der Waals surface area contributed by atoms with Gasteiger partial charge in [-0.25, -0.2) is 0 Å². The predicted molar refractivity (Wildman–Crippen MR) is 89.1 cm³/mol. The molecule has 0 aliphatic carbocycles. The van der Waals surface area contributed by atoms with E-state index in [0.717, 1.165) is 5.56 Å². The number of rotatable bonds is 5. The van der Waals surface area contributed by atoms with E-state index in [2.05, 4.69) is 33.9 Å². The molecular formula is C16H25ClO3Si. The second-order valence-electron chi connectivity index (χ2n) is 6.67. The second-order valence-corrected chi connectivity index (χ2v) is 11.8. The minimum atomic E-state index is -2.02. The molecule has 1 aromatic rings. The number of hydrogen-bond acceptors (Lipinski definition) is 3. The third-order valence-corrected chi connectivity index (χ3v) is 8.91. The molecule has 118 valence electrons. The van der Waals surface area contributed by atoms with Crippen molar-refractivity contribution in [1.29, 1.82) is 0 Å². The average Bonchev–Trinajstić information content (AvgIpc) is 2.36. The summed E-state index contributed by atoms with van der Waals surface area (Å²) in [5.41, 5.74) is 0.842. The van der Waals surface area contributed by atoms with Gasteiger partial charge in [0, 0.05) is 5.02 Å². The predicted octanol–water partition coefficient (Wildman–Crippen LogP) is 4.97. The van der Waals surface area contributed by atoms with Crippen molar-refractivity contribution in [3.05, 3.63) is 34.9 Å². The summed E-state index contributed by atoms with van der Waals surface area (Å²) in [5, 5.41) is 0.674. The Balaban J connectivity index is 3.10. The monoisotopic (exact) mass is 328 g/mol. The van der Waals surface area contributed by atoms with Crippen LogP contribution in [0, 0.1) is 0 Å². The Bertz CT molecular complexity index is 495. The van der Waals surface area contributed by atoms with Crippen molar-refractivity contribution >= 4 is 25.9 Å². The standard InChI is InChI=1S/C16H25ClO3Si/c1-16(2,3)21(5,6)20-14(11-15(18)19-4)12-9-7-8-10-13(12)17/h7-10,14H,11H2,1-6H3. The topological polar surface area (TPSA) is 35.5 Å². The highest BCUT2D eigenvalue weighted by Gasteiger charge is 2.40. The fraction of sp³-hybridized carbons (Fsp3) is 0.562. The summed E-state index contributed by atoms with van der Waals surface area (Å²) in [6, 6.07) is 7.49. The summed E-state index contributed by atoms with van der Waals surface area (Å²) in [6.07, 6.45) is -0.195. The van der Waals surface area contributed by atoms with Gasteiger partial charge in [0.25, 0.3) is 0 Å². The second kappa shape index (κ2) is 6.94. The number of carbonyl (C=O) groups is 1. The van der Waals surface area contributed by atoms with E-state index in [1.54, 1.807) is 0 Å². The van der Waals surface area contributed by atoms with Gasteiger partial charge in [0.05, 0.1) is 19.6 Å². The Morgan fingerprint density at radius 2 is 1.86 bits per heavy atom. The van der Waals surface area contributed by atoms with E-state index in [1.807, 2.05) is 24.3 Å². The summed E-state index contributed by atoms with van der Waals surface area (Å²) in [6.45, 7) is 10.8. The Hall–Kier alpha value is -0.843. The van der Waals surface area contributed by atoms with Gasteiger partial charge >= 0.3 is 5.97 Å². The molecule has 0 N–H and O–H groups in total. The van der Waals surface area contributed by atoms with Crippen LogP contribution in [0.2, 0.25) is 23.2 Å². The smallest absolute Gasteiger partial charge is 0.308 e. The Morgan fingerprint density at radius 3 is 2.33 bits per heavy atom. The van der Waals surface area contributed by atoms with Gasteiger partial charge in [-0.3, -0.25) is 4.79 Å². The van der Waals surface area contributed by atoms with Crippen LogP contribution in [0.3, 0.4) is 0 Å². The molecule has 1 atom stereocenters. The lowest BCUT2D eigenvalue weighted by atomic mass is 10.1. The summed E-state index contributed by atoms with van der Waals surface area (Å²) < 4.78 is 11.2. The van der Waals surface area contributed by atoms with Crippen molar-refractivity contribution in [3.8, 4) is 0 Å². The van der Waals surface area contributed by atoms with Crippen LogP contribution >= 0.6 is 11.6 Å². The molecule has 0 aliphatic heterocycles. The van der Waals surface area contributed by atoms with Crippen molar-refractivity contribution in [1.82, 2.24) is 0 Å². The normalized spacial score (nSPS) is 13.9. The molecule has 0 aromatic heterocycles. The molecule has 0 amide bonds. The number of halogens is 1. The maximum atomic E-state index is 11.7. The first-order valence-corrected chi connectivity index (χ1v) is 10.4. The van der Waals surface area contributed by atoms with Gasteiger partial charge in [-0.05, 0) is 29.8 Å². The molecule has 1 unspecified atom stereocenters. The largest absolute Gasteiger partial charge is 0.469 e. The third kappa shape index (κ3) is 4.83. The molecule has 0 heterocycles. The maximum Gasteiger partial charge on any atom is 0.308 e. The summed E-state index contributed by atoms with van der Waals surface area (Å²) in [5.74, 6) is -0.293. The van der Waals surface area contributed by atoms with E-state index in [1.165, 1.54) is 7.11 Å². The van der Waals surface area contributed by atoms with E-state index in [9.17, 15) is 4.79 Å². The lowest BCUT2D eigenvalue weighted by Gasteiger charge is -2.39. The van der Waals surface area contributed by atoms with E-state index in [0.29, 0.717) is 5.02 Å². The molecule has 0 fully saturated rings. The highest BCUT2D eigenvalue weighted by molar-refractivity contribution is 6.74. The van der Waals surface area contributed by atoms with E-state index >= 15 is 0 Å². The quantitative estimate of drug-likeness (QED) is 0.565. The van der Waals surface area contributed by atoms with Gasteiger partial charge in [0.2, 0.25) is 0 Å². The molecular weight excluding hydrogens is 304 g/mol. The van der Waals surface area contributed by atoms with Crippen LogP contribution in [0.5, 0.6) is 0 Å². The molecule has 21 heavy (non-hydrogen) atoms. The van der Waals surface area contributed by atoms with E-state index in [4.69, 9.17) is 20.8 Å². The van der Waals surface area contributed by atoms with Crippen molar-refractivity contribution in [2.45, 2.75) is 51.4 Å². The average molecular weight is 329 g/mol. The number of esters is 1. The van der Waals surface area contributed by atoms with Crippen LogP contribution in [0.25, 0.3) is 0 Å². The van der Waals surface area contributed by atoms with Crippen LogP contribution in [0.1, 0.15) is 38.9 Å². The highest BCUT2D eigenvalue weighted by Crippen LogP contribution is 2.41. The van der Waals surface area contributed by atoms with Gasteiger partial charge in [-0.2, -0.15) is 0 Å². The van der Waals surface area contributed by atoms with Crippen LogP contribution in [0.15, 0.2) is 24.3 Å². The number of methoxy groups -OCH3 is 1. The van der Waals surface area contributed by atoms with Gasteiger partial charge < -0.3 is 9.16 Å². The number of benzene rings is 1. The van der Waals surface area contributed by atoms with Crippen LogP contribution in [-0.4, -0.2) is 21.4 Å². The van der Waals surface area contributed by atoms with Crippen LogP contribution in [0.4, 0.5) is 0 Å². The van der Waals surface area contributed by atoms with Crippen molar-refractivity contribution in [3.63, 3.8) is 0 Å². The molecule has 0 spiro atoms. The molecule has 1 aromatic carbocycles. The van der Waals surface area contributed by atoms with Gasteiger partial charge in [0.1, 0.15) is 0 Å². The molecule has 0 radical (unpaired) electrons. The van der Waals surface area contributed by atoms with Gasteiger partial charge in [-0.1, -0.05) is 50.6 Å². The molecule has 0 aliphatic rings. The van der Waals surface area contributed by atoms with E-state index < -0.39 is 8.32 Å².